The molecule has 0 saturated heterocycles. The first-order valence-corrected chi connectivity index (χ1v) is 11.5. The van der Waals surface area contributed by atoms with Crippen LogP contribution in [0.15, 0.2) is 71.5 Å². The third-order valence-corrected chi connectivity index (χ3v) is 5.57. The Kier molecular flexibility index (Phi) is 8.65. The largest absolute Gasteiger partial charge is 0.452 e. The maximum atomic E-state index is 13.0. The number of aromatic nitrogens is 1. The maximum Gasteiger partial charge on any atom is 0.452 e. The first-order valence-electron chi connectivity index (χ1n) is 11.5. The van der Waals surface area contributed by atoms with Crippen molar-refractivity contribution in [3.63, 3.8) is 0 Å². The molecule has 0 aliphatic carbocycles. The zero-order chi connectivity index (χ0) is 27.2. The zero-order valence-electron chi connectivity index (χ0n) is 20.2. The number of anilines is 1. The van der Waals surface area contributed by atoms with E-state index in [-0.39, 0.29) is 17.7 Å². The van der Waals surface area contributed by atoms with Crippen LogP contribution in [-0.4, -0.2) is 34.8 Å². The summed E-state index contributed by atoms with van der Waals surface area (Å²) < 4.78 is 39.1. The Labute approximate surface area is 211 Å². The third kappa shape index (κ3) is 7.39. The predicted octanol–water partition coefficient (Wildman–Crippen LogP) is 4.04. The number of halogens is 3. The molecule has 10 heteroatoms. The minimum atomic E-state index is -5.12. The van der Waals surface area contributed by atoms with Gasteiger partial charge in [0.2, 0.25) is 11.8 Å². The number of carbonyl (C=O) groups excluding carboxylic acids is 3. The van der Waals surface area contributed by atoms with Gasteiger partial charge in [-0.15, -0.1) is 0 Å². The highest BCUT2D eigenvalue weighted by atomic mass is 19.4. The first kappa shape index (κ1) is 27.4. The van der Waals surface area contributed by atoms with Crippen molar-refractivity contribution in [1.29, 1.82) is 0 Å². The second-order valence-electron chi connectivity index (χ2n) is 8.82. The fourth-order valence-electron chi connectivity index (χ4n) is 3.74. The number of H-pyrrole nitrogens is 1. The van der Waals surface area contributed by atoms with Crippen LogP contribution in [0.25, 0.3) is 11.3 Å². The van der Waals surface area contributed by atoms with Crippen LogP contribution in [0.3, 0.4) is 0 Å². The lowest BCUT2D eigenvalue weighted by Gasteiger charge is -2.22. The van der Waals surface area contributed by atoms with E-state index in [0.29, 0.717) is 16.8 Å². The number of ketones is 1. The average molecular weight is 514 g/mol. The number of hydrogen-bond acceptors (Lipinski definition) is 4. The molecule has 0 spiro atoms. The average Bonchev–Trinajstić information content (AvgIpc) is 2.84. The van der Waals surface area contributed by atoms with E-state index in [1.54, 1.807) is 60.7 Å². The van der Waals surface area contributed by atoms with Crippen molar-refractivity contribution in [2.75, 3.05) is 5.32 Å². The molecule has 0 fully saturated rings. The summed E-state index contributed by atoms with van der Waals surface area (Å²) in [6.07, 6.45) is -5.70. The van der Waals surface area contributed by atoms with E-state index in [1.165, 1.54) is 19.9 Å². The smallest absolute Gasteiger partial charge is 0.345 e. The van der Waals surface area contributed by atoms with E-state index in [4.69, 9.17) is 0 Å². The topological polar surface area (TPSA) is 108 Å². The van der Waals surface area contributed by atoms with Crippen LogP contribution >= 0.6 is 0 Å². The summed E-state index contributed by atoms with van der Waals surface area (Å²) in [4.78, 5) is 52.9. The van der Waals surface area contributed by atoms with E-state index in [9.17, 15) is 32.3 Å². The Hall–Kier alpha value is -4.21. The standard InChI is InChI=1S/C27H26F3N3O4/c1-16(2)23(25(36)27(28,29)30)32-22(35)15-19-14-20(18-11-7-4-8-12-18)31-26(37)24(19)33-21(34)13-17-9-5-3-6-10-17/h3-12,14,16,23H,13,15H2,1-2H3,(H,31,37)(H,32,35)(H,33,34). The number of aromatic amines is 1. The molecule has 0 radical (unpaired) electrons. The van der Waals surface area contributed by atoms with Gasteiger partial charge in [-0.3, -0.25) is 19.2 Å². The van der Waals surface area contributed by atoms with Gasteiger partial charge in [0.25, 0.3) is 11.3 Å². The molecular weight excluding hydrogens is 487 g/mol. The van der Waals surface area contributed by atoms with Crippen molar-refractivity contribution >= 4 is 23.3 Å². The number of alkyl halides is 3. The van der Waals surface area contributed by atoms with Gasteiger partial charge in [-0.2, -0.15) is 13.2 Å². The van der Waals surface area contributed by atoms with Gasteiger partial charge in [0.05, 0.1) is 18.9 Å². The normalized spacial score (nSPS) is 12.2. The number of benzene rings is 2. The lowest BCUT2D eigenvalue weighted by Crippen LogP contribution is -2.50. The number of rotatable bonds is 9. The molecule has 37 heavy (non-hydrogen) atoms. The summed E-state index contributed by atoms with van der Waals surface area (Å²) in [5.41, 5.74) is 0.874. The number of pyridine rings is 1. The summed E-state index contributed by atoms with van der Waals surface area (Å²) in [5.74, 6) is -4.32. The fraction of sp³-hybridized carbons (Fsp3) is 0.259. The van der Waals surface area contributed by atoms with Gasteiger partial charge in [0.15, 0.2) is 0 Å². The highest BCUT2D eigenvalue weighted by Crippen LogP contribution is 2.23. The summed E-state index contributed by atoms with van der Waals surface area (Å²) in [6, 6.07) is 17.2. The van der Waals surface area contributed by atoms with E-state index < -0.39 is 47.7 Å². The van der Waals surface area contributed by atoms with E-state index in [0.717, 1.165) is 0 Å². The zero-order valence-corrected chi connectivity index (χ0v) is 20.2. The minimum Gasteiger partial charge on any atom is -0.345 e. The summed E-state index contributed by atoms with van der Waals surface area (Å²) in [7, 11) is 0. The van der Waals surface area contributed by atoms with Crippen LogP contribution in [0, 0.1) is 5.92 Å². The Morgan fingerprint density at radius 3 is 2.05 bits per heavy atom. The van der Waals surface area contributed by atoms with Crippen molar-refractivity contribution < 1.29 is 27.6 Å². The molecule has 0 bridgehead atoms. The van der Waals surface area contributed by atoms with Crippen LogP contribution in [0.1, 0.15) is 25.0 Å². The molecule has 3 rings (SSSR count). The van der Waals surface area contributed by atoms with Gasteiger partial charge in [-0.25, -0.2) is 0 Å². The van der Waals surface area contributed by atoms with Crippen molar-refractivity contribution in [3.8, 4) is 11.3 Å². The summed E-state index contributed by atoms with van der Waals surface area (Å²) in [6.45, 7) is 2.76. The number of hydrogen-bond donors (Lipinski definition) is 3. The summed E-state index contributed by atoms with van der Waals surface area (Å²) >= 11 is 0. The molecule has 1 aromatic heterocycles. The van der Waals surface area contributed by atoms with Gasteiger partial charge in [0.1, 0.15) is 5.69 Å². The van der Waals surface area contributed by atoms with Crippen LogP contribution in [0.5, 0.6) is 0 Å². The van der Waals surface area contributed by atoms with Gasteiger partial charge >= 0.3 is 6.18 Å². The Morgan fingerprint density at radius 1 is 0.892 bits per heavy atom. The Morgan fingerprint density at radius 2 is 1.49 bits per heavy atom. The van der Waals surface area contributed by atoms with Crippen LogP contribution in [-0.2, 0) is 27.2 Å². The molecule has 3 N–H and O–H groups in total. The second-order valence-corrected chi connectivity index (χ2v) is 8.82. The minimum absolute atomic E-state index is 0.0398. The molecule has 3 aromatic rings. The van der Waals surface area contributed by atoms with E-state index in [2.05, 4.69) is 15.6 Å². The van der Waals surface area contributed by atoms with Crippen molar-refractivity contribution in [1.82, 2.24) is 10.3 Å². The molecule has 2 aromatic carbocycles. The SMILES string of the molecule is CC(C)C(NC(=O)Cc1cc(-c2ccccc2)[nH]c(=O)c1NC(=O)Cc1ccccc1)C(=O)C(F)(F)F. The number of carbonyl (C=O) groups is 3. The number of amides is 2. The van der Waals surface area contributed by atoms with Crippen LogP contribution < -0.4 is 16.2 Å². The predicted molar refractivity (Wildman–Crippen MR) is 133 cm³/mol. The van der Waals surface area contributed by atoms with Gasteiger partial charge in [-0.1, -0.05) is 74.5 Å². The molecule has 2 amide bonds. The van der Waals surface area contributed by atoms with Crippen molar-refractivity contribution in [2.24, 2.45) is 5.92 Å². The molecule has 0 saturated carbocycles. The third-order valence-electron chi connectivity index (χ3n) is 5.57. The molecule has 1 heterocycles. The lowest BCUT2D eigenvalue weighted by atomic mass is 9.98. The van der Waals surface area contributed by atoms with Gasteiger partial charge < -0.3 is 15.6 Å². The maximum absolute atomic E-state index is 13.0. The first-order chi connectivity index (χ1) is 17.5. The van der Waals surface area contributed by atoms with E-state index >= 15 is 0 Å². The number of nitrogens with one attached hydrogen (secondary N) is 3. The molecule has 1 unspecified atom stereocenters. The molecule has 0 aliphatic rings. The van der Waals surface area contributed by atoms with Gasteiger partial charge in [-0.05, 0) is 28.7 Å². The van der Waals surface area contributed by atoms with Gasteiger partial charge in [0, 0.05) is 5.69 Å². The fourth-order valence-corrected chi connectivity index (χ4v) is 3.74. The second kappa shape index (κ2) is 11.7. The number of Topliss-reactive ketones (excluding diaryl/α,β-unsaturated/α-hetero) is 1. The highest BCUT2D eigenvalue weighted by molar-refractivity contribution is 5.95. The lowest BCUT2D eigenvalue weighted by molar-refractivity contribution is -0.174. The van der Waals surface area contributed by atoms with Crippen molar-refractivity contribution in [3.05, 3.63) is 88.2 Å². The molecular formula is C27H26F3N3O4. The van der Waals surface area contributed by atoms with Crippen LogP contribution in [0.2, 0.25) is 0 Å². The molecule has 1 atom stereocenters. The van der Waals surface area contributed by atoms with E-state index in [1.807, 2.05) is 0 Å². The monoisotopic (exact) mass is 513 g/mol. The van der Waals surface area contributed by atoms with Crippen LogP contribution in [0.4, 0.5) is 18.9 Å². The Balaban J connectivity index is 1.93. The van der Waals surface area contributed by atoms with Crippen molar-refractivity contribution in [2.45, 2.75) is 38.9 Å². The molecule has 7 nitrogen and oxygen atoms in total. The molecule has 0 aliphatic heterocycles. The summed E-state index contributed by atoms with van der Waals surface area (Å²) in [5, 5.41) is 4.66. The quantitative estimate of drug-likeness (QED) is 0.401. The molecule has 194 valence electrons. The highest BCUT2D eigenvalue weighted by Gasteiger charge is 2.45. The Bertz CT molecular complexity index is 1320.